The summed E-state index contributed by atoms with van der Waals surface area (Å²) in [5.74, 6) is -0.143. The Morgan fingerprint density at radius 2 is 1.88 bits per heavy atom. The number of ether oxygens (including phenoxy) is 1. The van der Waals surface area contributed by atoms with Crippen molar-refractivity contribution in [1.82, 2.24) is 19.5 Å². The van der Waals surface area contributed by atoms with Gasteiger partial charge in [0.2, 0.25) is 0 Å². The first-order valence-corrected chi connectivity index (χ1v) is 14.3. The number of methoxy groups -OCH3 is 1. The fourth-order valence-corrected chi connectivity index (χ4v) is 6.24. The number of benzene rings is 2. The van der Waals surface area contributed by atoms with Crippen molar-refractivity contribution in [2.24, 2.45) is 5.92 Å². The number of halogens is 1. The van der Waals surface area contributed by atoms with Crippen LogP contribution in [0.15, 0.2) is 54.6 Å². The SMILES string of the molecule is COC(=O)CC1CN(c2ccc(-c3cc4nc(C(=O)N5CCc6ccccc6[C@H]5C)cc(C5CC5)n4n3)c(F)c2)C1. The molecule has 1 amide bonds. The van der Waals surface area contributed by atoms with Crippen LogP contribution in [0.2, 0.25) is 0 Å². The van der Waals surface area contributed by atoms with Gasteiger partial charge in [0.05, 0.1) is 25.3 Å². The minimum atomic E-state index is -0.368. The van der Waals surface area contributed by atoms with E-state index in [1.54, 1.807) is 16.6 Å². The Kier molecular flexibility index (Phi) is 6.25. The van der Waals surface area contributed by atoms with Crippen molar-refractivity contribution in [2.75, 3.05) is 31.6 Å². The number of fused-ring (bicyclic) bond motifs is 2. The van der Waals surface area contributed by atoms with E-state index in [2.05, 4.69) is 24.0 Å². The average Bonchev–Trinajstić information content (AvgIpc) is 3.72. The Labute approximate surface area is 237 Å². The van der Waals surface area contributed by atoms with E-state index in [1.807, 2.05) is 29.2 Å². The van der Waals surface area contributed by atoms with Crippen LogP contribution >= 0.6 is 0 Å². The zero-order chi connectivity index (χ0) is 28.2. The van der Waals surface area contributed by atoms with Crippen molar-refractivity contribution >= 4 is 23.2 Å². The Morgan fingerprint density at radius 1 is 1.07 bits per heavy atom. The fourth-order valence-electron chi connectivity index (χ4n) is 6.24. The van der Waals surface area contributed by atoms with Crippen LogP contribution in [0.25, 0.3) is 16.9 Å². The molecule has 1 atom stereocenters. The highest BCUT2D eigenvalue weighted by Crippen LogP contribution is 2.41. The summed E-state index contributed by atoms with van der Waals surface area (Å²) in [7, 11) is 1.39. The number of amides is 1. The molecule has 7 rings (SSSR count). The van der Waals surface area contributed by atoms with Crippen molar-refractivity contribution in [3.63, 3.8) is 0 Å². The molecular weight excluding hydrogens is 521 g/mol. The van der Waals surface area contributed by atoms with Gasteiger partial charge in [0.25, 0.3) is 5.91 Å². The van der Waals surface area contributed by atoms with Gasteiger partial charge in [-0.05, 0) is 61.6 Å². The largest absolute Gasteiger partial charge is 0.469 e. The van der Waals surface area contributed by atoms with Crippen LogP contribution in [0, 0.1) is 11.7 Å². The van der Waals surface area contributed by atoms with E-state index in [1.165, 1.54) is 24.3 Å². The van der Waals surface area contributed by atoms with Gasteiger partial charge in [0.1, 0.15) is 11.5 Å². The Bertz CT molecular complexity index is 1670. The van der Waals surface area contributed by atoms with E-state index >= 15 is 4.39 Å². The normalized spacial score (nSPS) is 18.8. The summed E-state index contributed by atoms with van der Waals surface area (Å²) in [5.41, 5.74) is 6.03. The third kappa shape index (κ3) is 4.63. The Morgan fingerprint density at radius 3 is 2.63 bits per heavy atom. The van der Waals surface area contributed by atoms with Gasteiger partial charge >= 0.3 is 5.97 Å². The first-order valence-electron chi connectivity index (χ1n) is 14.3. The van der Waals surface area contributed by atoms with Gasteiger partial charge in [-0.25, -0.2) is 13.9 Å². The number of carbonyl (C=O) groups is 2. The van der Waals surface area contributed by atoms with Gasteiger partial charge in [-0.1, -0.05) is 24.3 Å². The third-order valence-electron chi connectivity index (χ3n) is 8.76. The fraction of sp³-hybridized carbons (Fsp3) is 0.375. The van der Waals surface area contributed by atoms with Crippen LogP contribution in [0.3, 0.4) is 0 Å². The molecule has 2 aliphatic heterocycles. The summed E-state index contributed by atoms with van der Waals surface area (Å²) in [6, 6.07) is 17.1. The van der Waals surface area contributed by atoms with Crippen LogP contribution in [0.1, 0.15) is 65.5 Å². The Balaban J connectivity index is 1.16. The molecule has 9 heteroatoms. The van der Waals surface area contributed by atoms with Crippen LogP contribution in [-0.2, 0) is 16.0 Å². The first kappa shape index (κ1) is 25.7. The second kappa shape index (κ2) is 9.98. The van der Waals surface area contributed by atoms with E-state index < -0.39 is 0 Å². The quantitative estimate of drug-likeness (QED) is 0.307. The molecule has 0 radical (unpaired) electrons. The van der Waals surface area contributed by atoms with Crippen molar-refractivity contribution < 1.29 is 18.7 Å². The maximum atomic E-state index is 15.4. The van der Waals surface area contributed by atoms with Gasteiger partial charge in [-0.3, -0.25) is 9.59 Å². The highest BCUT2D eigenvalue weighted by molar-refractivity contribution is 5.93. The summed E-state index contributed by atoms with van der Waals surface area (Å²) in [6.07, 6.45) is 3.26. The maximum absolute atomic E-state index is 15.4. The van der Waals surface area contributed by atoms with E-state index in [9.17, 15) is 9.59 Å². The zero-order valence-electron chi connectivity index (χ0n) is 23.2. The van der Waals surface area contributed by atoms with E-state index in [-0.39, 0.29) is 29.7 Å². The molecule has 8 nitrogen and oxygen atoms in total. The highest BCUT2D eigenvalue weighted by atomic mass is 19.1. The minimum absolute atomic E-state index is 0.0370. The molecular formula is C32H32FN5O3. The number of esters is 1. The lowest BCUT2D eigenvalue weighted by molar-refractivity contribution is -0.141. The second-order valence-corrected chi connectivity index (χ2v) is 11.5. The standard InChI is InChI=1S/C32H32FN5O3/c1-19-24-6-4-3-5-21(24)11-12-37(19)32(40)28-15-29(22-7-8-22)38-30(34-28)16-27(35-38)25-10-9-23(14-26(25)33)36-17-20(18-36)13-31(39)41-2/h3-6,9-10,14-16,19-20,22H,7-8,11-13,17-18H2,1-2H3/t19-/m1/s1. The second-order valence-electron chi connectivity index (χ2n) is 11.5. The number of anilines is 1. The molecule has 2 aromatic heterocycles. The van der Waals surface area contributed by atoms with Gasteiger partial charge in [-0.2, -0.15) is 5.10 Å². The van der Waals surface area contributed by atoms with Crippen LogP contribution in [0.5, 0.6) is 0 Å². The molecule has 1 saturated heterocycles. The lowest BCUT2D eigenvalue weighted by Crippen LogP contribution is -2.47. The van der Waals surface area contributed by atoms with Crippen molar-refractivity contribution in [2.45, 2.75) is 44.6 Å². The number of rotatable bonds is 6. The average molecular weight is 554 g/mol. The minimum Gasteiger partial charge on any atom is -0.469 e. The number of nitrogens with zero attached hydrogens (tertiary/aromatic N) is 5. The predicted octanol–water partition coefficient (Wildman–Crippen LogP) is 5.17. The lowest BCUT2D eigenvalue weighted by atomic mass is 9.93. The topological polar surface area (TPSA) is 80.0 Å². The number of hydrogen-bond acceptors (Lipinski definition) is 6. The highest BCUT2D eigenvalue weighted by Gasteiger charge is 2.33. The molecule has 1 aliphatic carbocycles. The molecule has 2 fully saturated rings. The molecule has 210 valence electrons. The van der Waals surface area contributed by atoms with Gasteiger partial charge in [-0.15, -0.1) is 0 Å². The number of carbonyl (C=O) groups excluding carboxylic acids is 2. The molecule has 1 saturated carbocycles. The van der Waals surface area contributed by atoms with Crippen molar-refractivity contribution in [1.29, 1.82) is 0 Å². The lowest BCUT2D eigenvalue weighted by Gasteiger charge is -2.40. The molecule has 2 aromatic carbocycles. The maximum Gasteiger partial charge on any atom is 0.305 e. The summed E-state index contributed by atoms with van der Waals surface area (Å²) < 4.78 is 21.9. The van der Waals surface area contributed by atoms with Gasteiger partial charge < -0.3 is 14.5 Å². The summed E-state index contributed by atoms with van der Waals surface area (Å²) >= 11 is 0. The van der Waals surface area contributed by atoms with Crippen molar-refractivity contribution in [3.05, 3.63) is 82.9 Å². The molecule has 0 N–H and O–H groups in total. The van der Waals surface area contributed by atoms with Gasteiger partial charge in [0.15, 0.2) is 5.65 Å². The number of hydrogen-bond donors (Lipinski definition) is 0. The molecule has 3 aliphatic rings. The zero-order valence-corrected chi connectivity index (χ0v) is 23.2. The molecule has 4 aromatic rings. The summed E-state index contributed by atoms with van der Waals surface area (Å²) in [4.78, 5) is 34.0. The molecule has 0 spiro atoms. The molecule has 4 heterocycles. The smallest absolute Gasteiger partial charge is 0.305 e. The van der Waals surface area contributed by atoms with E-state index in [4.69, 9.17) is 14.8 Å². The molecule has 41 heavy (non-hydrogen) atoms. The van der Waals surface area contributed by atoms with Crippen LogP contribution in [-0.4, -0.2) is 58.1 Å². The molecule has 0 bridgehead atoms. The predicted molar refractivity (Wildman–Crippen MR) is 152 cm³/mol. The summed E-state index contributed by atoms with van der Waals surface area (Å²) in [6.45, 7) is 4.09. The third-order valence-corrected chi connectivity index (χ3v) is 8.76. The van der Waals surface area contributed by atoms with E-state index in [0.717, 1.165) is 30.6 Å². The Hall–Kier alpha value is -4.27. The van der Waals surface area contributed by atoms with E-state index in [0.29, 0.717) is 54.6 Å². The van der Waals surface area contributed by atoms with Crippen molar-refractivity contribution in [3.8, 4) is 11.3 Å². The van der Waals surface area contributed by atoms with Gasteiger partial charge in [0, 0.05) is 54.5 Å². The first-order chi connectivity index (χ1) is 19.9. The van der Waals surface area contributed by atoms with Crippen LogP contribution in [0.4, 0.5) is 10.1 Å². The monoisotopic (exact) mass is 553 g/mol. The number of aromatic nitrogens is 3. The van der Waals surface area contributed by atoms with Crippen LogP contribution < -0.4 is 4.90 Å². The summed E-state index contributed by atoms with van der Waals surface area (Å²) in [5, 5.41) is 4.75. The molecule has 0 unspecified atom stereocenters.